The number of hydrogen-bond donors (Lipinski definition) is 2. The first kappa shape index (κ1) is 24.9. The standard InChI is InChI=1S/C21H26N4O2.2ClH/c1-15-9-10-19(23-13-15)24-21(27)17-8-5-11-25(14-17)20(26)12-18(22)16-6-3-2-4-7-16;;/h2-4,6-7,9-10,13,17-18H,5,8,11-12,14,22H2,1H3,(H,23,24,27);2*1H. The van der Waals surface area contributed by atoms with Gasteiger partial charge >= 0.3 is 0 Å². The summed E-state index contributed by atoms with van der Waals surface area (Å²) < 4.78 is 0. The number of carbonyl (C=O) groups excluding carboxylic acids is 2. The fourth-order valence-electron chi connectivity index (χ4n) is 3.32. The molecule has 0 radical (unpaired) electrons. The minimum absolute atomic E-state index is 0. The first-order chi connectivity index (χ1) is 13.0. The van der Waals surface area contributed by atoms with Gasteiger partial charge in [-0.15, -0.1) is 24.8 Å². The fourth-order valence-corrected chi connectivity index (χ4v) is 3.32. The molecular weight excluding hydrogens is 411 g/mol. The molecule has 0 spiro atoms. The van der Waals surface area contributed by atoms with E-state index < -0.39 is 0 Å². The van der Waals surface area contributed by atoms with E-state index in [-0.39, 0.29) is 55.0 Å². The molecule has 1 aromatic heterocycles. The second kappa shape index (κ2) is 11.8. The number of nitrogens with one attached hydrogen (secondary N) is 1. The van der Waals surface area contributed by atoms with Crippen LogP contribution in [0.3, 0.4) is 0 Å². The highest BCUT2D eigenvalue weighted by atomic mass is 35.5. The van der Waals surface area contributed by atoms with E-state index in [9.17, 15) is 9.59 Å². The molecule has 6 nitrogen and oxygen atoms in total. The Hall–Kier alpha value is -2.15. The summed E-state index contributed by atoms with van der Waals surface area (Å²) in [5.41, 5.74) is 8.16. The highest BCUT2D eigenvalue weighted by Crippen LogP contribution is 2.21. The Balaban J connectivity index is 0.00000210. The van der Waals surface area contributed by atoms with Gasteiger partial charge in [0.1, 0.15) is 5.82 Å². The number of aromatic nitrogens is 1. The van der Waals surface area contributed by atoms with Crippen molar-refractivity contribution in [3.63, 3.8) is 0 Å². The molecule has 2 unspecified atom stereocenters. The van der Waals surface area contributed by atoms with Crippen molar-refractivity contribution in [3.8, 4) is 0 Å². The molecule has 2 amide bonds. The topological polar surface area (TPSA) is 88.3 Å². The maximum Gasteiger partial charge on any atom is 0.230 e. The number of nitrogens with two attached hydrogens (primary N) is 1. The minimum atomic E-state index is -0.329. The average molecular weight is 439 g/mol. The molecule has 0 aliphatic carbocycles. The summed E-state index contributed by atoms with van der Waals surface area (Å²) in [4.78, 5) is 31.2. The van der Waals surface area contributed by atoms with E-state index in [1.807, 2.05) is 43.3 Å². The van der Waals surface area contributed by atoms with Crippen LogP contribution in [0.1, 0.15) is 36.4 Å². The third-order valence-electron chi connectivity index (χ3n) is 4.93. The zero-order valence-corrected chi connectivity index (χ0v) is 18.0. The summed E-state index contributed by atoms with van der Waals surface area (Å²) in [6.07, 6.45) is 3.55. The van der Waals surface area contributed by atoms with Gasteiger partial charge in [-0.05, 0) is 37.0 Å². The minimum Gasteiger partial charge on any atom is -0.342 e. The van der Waals surface area contributed by atoms with Crippen LogP contribution in [-0.2, 0) is 9.59 Å². The molecule has 1 aliphatic rings. The van der Waals surface area contributed by atoms with Crippen LogP contribution in [0, 0.1) is 12.8 Å². The first-order valence-corrected chi connectivity index (χ1v) is 9.35. The second-order valence-corrected chi connectivity index (χ2v) is 7.11. The highest BCUT2D eigenvalue weighted by Gasteiger charge is 2.29. The van der Waals surface area contributed by atoms with Crippen molar-refractivity contribution in [1.29, 1.82) is 0 Å². The van der Waals surface area contributed by atoms with E-state index in [1.165, 1.54) is 0 Å². The number of rotatable bonds is 5. The van der Waals surface area contributed by atoms with Gasteiger partial charge in [0, 0.05) is 31.7 Å². The molecule has 29 heavy (non-hydrogen) atoms. The van der Waals surface area contributed by atoms with Gasteiger partial charge < -0.3 is 16.0 Å². The third kappa shape index (κ3) is 6.99. The summed E-state index contributed by atoms with van der Waals surface area (Å²) in [6, 6.07) is 13.0. The molecule has 2 heterocycles. The van der Waals surface area contributed by atoms with Crippen molar-refractivity contribution in [2.45, 2.75) is 32.2 Å². The van der Waals surface area contributed by atoms with Crippen LogP contribution in [-0.4, -0.2) is 34.8 Å². The van der Waals surface area contributed by atoms with Crippen LogP contribution in [0.15, 0.2) is 48.7 Å². The molecule has 158 valence electrons. The number of aryl methyl sites for hydroxylation is 1. The van der Waals surface area contributed by atoms with E-state index >= 15 is 0 Å². The largest absolute Gasteiger partial charge is 0.342 e. The van der Waals surface area contributed by atoms with Crippen molar-refractivity contribution in [1.82, 2.24) is 9.88 Å². The lowest BCUT2D eigenvalue weighted by molar-refractivity contribution is -0.134. The van der Waals surface area contributed by atoms with Crippen LogP contribution < -0.4 is 11.1 Å². The lowest BCUT2D eigenvalue weighted by Gasteiger charge is -2.32. The van der Waals surface area contributed by atoms with Gasteiger partial charge in [-0.1, -0.05) is 36.4 Å². The zero-order chi connectivity index (χ0) is 19.2. The lowest BCUT2D eigenvalue weighted by Crippen LogP contribution is -2.44. The Morgan fingerprint density at radius 2 is 1.93 bits per heavy atom. The highest BCUT2D eigenvalue weighted by molar-refractivity contribution is 5.92. The van der Waals surface area contributed by atoms with Crippen molar-refractivity contribution < 1.29 is 9.59 Å². The van der Waals surface area contributed by atoms with Gasteiger partial charge in [-0.2, -0.15) is 0 Å². The van der Waals surface area contributed by atoms with Crippen LogP contribution in [0.4, 0.5) is 5.82 Å². The van der Waals surface area contributed by atoms with E-state index in [0.29, 0.717) is 18.9 Å². The Morgan fingerprint density at radius 1 is 1.21 bits per heavy atom. The Kier molecular flexibility index (Phi) is 10.1. The van der Waals surface area contributed by atoms with E-state index in [4.69, 9.17) is 5.73 Å². The Morgan fingerprint density at radius 3 is 2.59 bits per heavy atom. The number of carbonyl (C=O) groups is 2. The monoisotopic (exact) mass is 438 g/mol. The fraction of sp³-hybridized carbons (Fsp3) is 0.381. The van der Waals surface area contributed by atoms with Gasteiger partial charge in [0.05, 0.1) is 5.92 Å². The number of hydrogen-bond acceptors (Lipinski definition) is 4. The molecule has 1 saturated heterocycles. The van der Waals surface area contributed by atoms with Crippen molar-refractivity contribution in [3.05, 3.63) is 59.8 Å². The maximum atomic E-state index is 12.6. The molecule has 1 aliphatic heterocycles. The van der Waals surface area contributed by atoms with E-state index in [0.717, 1.165) is 24.0 Å². The maximum absolute atomic E-state index is 12.6. The smallest absolute Gasteiger partial charge is 0.230 e. The third-order valence-corrected chi connectivity index (χ3v) is 4.93. The Labute approximate surface area is 184 Å². The molecule has 1 aromatic carbocycles. The summed E-state index contributed by atoms with van der Waals surface area (Å²) in [6.45, 7) is 3.05. The summed E-state index contributed by atoms with van der Waals surface area (Å²) >= 11 is 0. The number of halogens is 2. The van der Waals surface area contributed by atoms with Gasteiger partial charge in [-0.3, -0.25) is 9.59 Å². The SMILES string of the molecule is Cc1ccc(NC(=O)C2CCCN(C(=O)CC(N)c3ccccc3)C2)nc1.Cl.Cl. The number of pyridine rings is 1. The molecule has 1 fully saturated rings. The average Bonchev–Trinajstić information content (AvgIpc) is 2.70. The summed E-state index contributed by atoms with van der Waals surface area (Å²) in [5, 5.41) is 2.85. The predicted molar refractivity (Wildman–Crippen MR) is 119 cm³/mol. The number of anilines is 1. The molecule has 0 bridgehead atoms. The van der Waals surface area contributed by atoms with Gasteiger partial charge in [0.25, 0.3) is 0 Å². The van der Waals surface area contributed by atoms with E-state index in [1.54, 1.807) is 17.2 Å². The van der Waals surface area contributed by atoms with Gasteiger partial charge in [0.15, 0.2) is 0 Å². The zero-order valence-electron chi connectivity index (χ0n) is 16.4. The molecule has 3 N–H and O–H groups in total. The van der Waals surface area contributed by atoms with Gasteiger partial charge in [0.2, 0.25) is 11.8 Å². The van der Waals surface area contributed by atoms with E-state index in [2.05, 4.69) is 10.3 Å². The predicted octanol–water partition coefficient (Wildman–Crippen LogP) is 3.50. The molecular formula is C21H28Cl2N4O2. The van der Waals surface area contributed by atoms with Crippen LogP contribution in [0.5, 0.6) is 0 Å². The van der Waals surface area contributed by atoms with Crippen LogP contribution >= 0.6 is 24.8 Å². The van der Waals surface area contributed by atoms with Crippen LogP contribution in [0.2, 0.25) is 0 Å². The lowest BCUT2D eigenvalue weighted by atomic mass is 9.96. The molecule has 3 rings (SSSR count). The number of piperidine rings is 1. The summed E-state index contributed by atoms with van der Waals surface area (Å²) in [7, 11) is 0. The first-order valence-electron chi connectivity index (χ1n) is 9.35. The normalized spacial score (nSPS) is 16.8. The number of amides is 2. The van der Waals surface area contributed by atoms with Crippen molar-refractivity contribution in [2.75, 3.05) is 18.4 Å². The summed E-state index contributed by atoms with van der Waals surface area (Å²) in [5.74, 6) is 0.229. The number of benzene rings is 1. The Bertz CT molecular complexity index is 787. The number of likely N-dealkylation sites (tertiary alicyclic amines) is 1. The molecule has 2 aromatic rings. The number of nitrogens with zero attached hydrogens (tertiary/aromatic N) is 2. The molecule has 8 heteroatoms. The second-order valence-electron chi connectivity index (χ2n) is 7.11. The van der Waals surface area contributed by atoms with Crippen molar-refractivity contribution >= 4 is 42.4 Å². The van der Waals surface area contributed by atoms with Gasteiger partial charge in [-0.25, -0.2) is 4.98 Å². The molecule has 2 atom stereocenters. The van der Waals surface area contributed by atoms with Crippen molar-refractivity contribution in [2.24, 2.45) is 11.7 Å². The molecule has 0 saturated carbocycles. The quantitative estimate of drug-likeness (QED) is 0.747. The van der Waals surface area contributed by atoms with Crippen LogP contribution in [0.25, 0.3) is 0 Å².